The van der Waals surface area contributed by atoms with Gasteiger partial charge in [0.05, 0.1) is 15.6 Å². The largest absolute Gasteiger partial charge is 0.337 e. The van der Waals surface area contributed by atoms with Crippen molar-refractivity contribution in [2.24, 2.45) is 0 Å². The molecular formula is C18H23Cl2N3O3S. The van der Waals surface area contributed by atoms with E-state index in [1.807, 2.05) is 0 Å². The quantitative estimate of drug-likeness (QED) is 0.777. The van der Waals surface area contributed by atoms with Crippen LogP contribution in [0.4, 0.5) is 0 Å². The van der Waals surface area contributed by atoms with E-state index >= 15 is 0 Å². The van der Waals surface area contributed by atoms with Crippen LogP contribution in [0.15, 0.2) is 17.0 Å². The van der Waals surface area contributed by atoms with E-state index in [0.29, 0.717) is 19.1 Å². The molecule has 4 rings (SSSR count). The molecule has 1 aromatic carbocycles. The lowest BCUT2D eigenvalue weighted by atomic mass is 10.2. The minimum Gasteiger partial charge on any atom is -0.337 e. The van der Waals surface area contributed by atoms with Crippen LogP contribution in [0.25, 0.3) is 0 Å². The van der Waals surface area contributed by atoms with Crippen LogP contribution in [0.3, 0.4) is 0 Å². The second kappa shape index (κ2) is 7.52. The van der Waals surface area contributed by atoms with E-state index in [0.717, 1.165) is 32.4 Å². The van der Waals surface area contributed by atoms with Crippen LogP contribution in [-0.2, 0) is 10.0 Å². The zero-order chi connectivity index (χ0) is 19.2. The molecule has 6 nitrogen and oxygen atoms in total. The molecule has 0 aromatic heterocycles. The predicted octanol–water partition coefficient (Wildman–Crippen LogP) is 2.74. The smallest absolute Gasteiger partial charge is 0.255 e. The van der Waals surface area contributed by atoms with Gasteiger partial charge in [0.25, 0.3) is 5.91 Å². The van der Waals surface area contributed by atoms with Gasteiger partial charge >= 0.3 is 0 Å². The Kier molecular flexibility index (Phi) is 5.42. The Balaban J connectivity index is 1.55. The van der Waals surface area contributed by atoms with Crippen molar-refractivity contribution >= 4 is 39.1 Å². The average Bonchev–Trinajstić information content (AvgIpc) is 3.09. The van der Waals surface area contributed by atoms with Gasteiger partial charge in [0.2, 0.25) is 10.0 Å². The highest BCUT2D eigenvalue weighted by atomic mass is 35.5. The van der Waals surface area contributed by atoms with E-state index in [1.165, 1.54) is 25.0 Å². The number of hydrogen-bond acceptors (Lipinski definition) is 4. The minimum absolute atomic E-state index is 0.0288. The summed E-state index contributed by atoms with van der Waals surface area (Å²) in [6, 6.07) is 3.01. The van der Waals surface area contributed by atoms with Crippen LogP contribution >= 0.6 is 23.2 Å². The maximum Gasteiger partial charge on any atom is 0.255 e. The van der Waals surface area contributed by atoms with Crippen molar-refractivity contribution in [3.63, 3.8) is 0 Å². The molecule has 1 atom stereocenters. The van der Waals surface area contributed by atoms with Crippen LogP contribution in [0, 0.1) is 0 Å². The van der Waals surface area contributed by atoms with E-state index in [1.54, 1.807) is 4.90 Å². The van der Waals surface area contributed by atoms with Gasteiger partial charge in [-0.15, -0.1) is 0 Å². The molecule has 1 saturated carbocycles. The Morgan fingerprint density at radius 1 is 1.04 bits per heavy atom. The molecule has 2 saturated heterocycles. The van der Waals surface area contributed by atoms with Gasteiger partial charge in [-0.3, -0.25) is 9.69 Å². The van der Waals surface area contributed by atoms with Crippen molar-refractivity contribution in [3.8, 4) is 0 Å². The highest BCUT2D eigenvalue weighted by molar-refractivity contribution is 7.89. The lowest BCUT2D eigenvalue weighted by Crippen LogP contribution is -2.37. The number of halogens is 2. The lowest BCUT2D eigenvalue weighted by molar-refractivity contribution is 0.0780. The second-order valence-electron chi connectivity index (χ2n) is 7.59. The molecule has 2 heterocycles. The zero-order valence-electron chi connectivity index (χ0n) is 15.0. The van der Waals surface area contributed by atoms with Crippen molar-refractivity contribution in [2.75, 3.05) is 26.2 Å². The standard InChI is InChI=1S/C18H23Cl2N3O3S/c19-15-10-16(20)17(27(25,26)21-12-3-4-12)9-14(15)18(24)23-8-5-13(11-23)22-6-1-2-7-22/h9-10,12-13,21H,1-8,11H2. The average molecular weight is 432 g/mol. The summed E-state index contributed by atoms with van der Waals surface area (Å²) in [5.41, 5.74) is 0.194. The normalized spacial score (nSPS) is 23.9. The summed E-state index contributed by atoms with van der Waals surface area (Å²) in [6.45, 7) is 3.48. The summed E-state index contributed by atoms with van der Waals surface area (Å²) in [6.07, 6.45) is 5.00. The summed E-state index contributed by atoms with van der Waals surface area (Å²) in [5, 5.41) is 0.209. The third-order valence-corrected chi connectivity index (χ3v) is 7.85. The molecule has 0 radical (unpaired) electrons. The molecule has 1 aromatic rings. The lowest BCUT2D eigenvalue weighted by Gasteiger charge is -2.24. The Morgan fingerprint density at radius 2 is 1.74 bits per heavy atom. The highest BCUT2D eigenvalue weighted by Gasteiger charge is 2.34. The van der Waals surface area contributed by atoms with Gasteiger partial charge in [-0.25, -0.2) is 13.1 Å². The molecule has 0 spiro atoms. The number of carbonyl (C=O) groups is 1. The van der Waals surface area contributed by atoms with Gasteiger partial charge in [0, 0.05) is 25.2 Å². The molecule has 0 bridgehead atoms. The van der Waals surface area contributed by atoms with Crippen molar-refractivity contribution in [3.05, 3.63) is 27.7 Å². The molecule has 1 amide bonds. The first-order chi connectivity index (χ1) is 12.8. The monoisotopic (exact) mass is 431 g/mol. The molecule has 1 unspecified atom stereocenters. The molecule has 1 aliphatic carbocycles. The third-order valence-electron chi connectivity index (χ3n) is 5.55. The van der Waals surface area contributed by atoms with E-state index in [2.05, 4.69) is 9.62 Å². The molecule has 9 heteroatoms. The maximum absolute atomic E-state index is 13.0. The fourth-order valence-electron chi connectivity index (χ4n) is 3.88. The number of likely N-dealkylation sites (tertiary alicyclic amines) is 2. The predicted molar refractivity (Wildman–Crippen MR) is 105 cm³/mol. The number of nitrogens with one attached hydrogen (secondary N) is 1. The Hall–Kier alpha value is -0.860. The van der Waals surface area contributed by atoms with Crippen LogP contribution in [0.5, 0.6) is 0 Å². The fraction of sp³-hybridized carbons (Fsp3) is 0.611. The highest BCUT2D eigenvalue weighted by Crippen LogP contribution is 2.32. The first-order valence-electron chi connectivity index (χ1n) is 9.40. The summed E-state index contributed by atoms with van der Waals surface area (Å²) in [7, 11) is -3.77. The van der Waals surface area contributed by atoms with Crippen LogP contribution < -0.4 is 4.72 Å². The van der Waals surface area contributed by atoms with Crippen molar-refractivity contribution in [2.45, 2.75) is 49.1 Å². The Morgan fingerprint density at radius 3 is 2.41 bits per heavy atom. The Bertz CT molecular complexity index is 852. The van der Waals surface area contributed by atoms with Crippen LogP contribution in [0.2, 0.25) is 10.0 Å². The number of sulfonamides is 1. The van der Waals surface area contributed by atoms with Crippen molar-refractivity contribution in [1.29, 1.82) is 0 Å². The maximum atomic E-state index is 13.0. The summed E-state index contributed by atoms with van der Waals surface area (Å²) in [5.74, 6) is -0.235. The Labute approximate surface area is 169 Å². The first kappa shape index (κ1) is 19.5. The van der Waals surface area contributed by atoms with E-state index in [9.17, 15) is 13.2 Å². The molecular weight excluding hydrogens is 409 g/mol. The van der Waals surface area contributed by atoms with Crippen LogP contribution in [0.1, 0.15) is 42.5 Å². The van der Waals surface area contributed by atoms with E-state index < -0.39 is 10.0 Å². The first-order valence-corrected chi connectivity index (χ1v) is 11.6. The molecule has 3 aliphatic rings. The second-order valence-corrected chi connectivity index (χ2v) is 10.1. The molecule has 27 heavy (non-hydrogen) atoms. The third kappa shape index (κ3) is 4.12. The number of benzene rings is 1. The van der Waals surface area contributed by atoms with Gasteiger partial charge in [-0.05, 0) is 57.3 Å². The fourth-order valence-corrected chi connectivity index (χ4v) is 6.04. The summed E-state index contributed by atoms with van der Waals surface area (Å²) >= 11 is 12.4. The van der Waals surface area contributed by atoms with Crippen LogP contribution in [-0.4, -0.2) is 62.4 Å². The molecule has 2 aliphatic heterocycles. The topological polar surface area (TPSA) is 69.7 Å². The van der Waals surface area contributed by atoms with Gasteiger partial charge in [0.1, 0.15) is 4.90 Å². The minimum atomic E-state index is -3.77. The van der Waals surface area contributed by atoms with Gasteiger partial charge in [0.15, 0.2) is 0 Å². The number of amides is 1. The number of carbonyl (C=O) groups excluding carboxylic acids is 1. The van der Waals surface area contributed by atoms with Gasteiger partial charge in [-0.1, -0.05) is 23.2 Å². The number of rotatable bonds is 5. The number of nitrogens with zero attached hydrogens (tertiary/aromatic N) is 2. The SMILES string of the molecule is O=C(c1cc(S(=O)(=O)NC2CC2)c(Cl)cc1Cl)N1CCC(N2CCCC2)C1. The van der Waals surface area contributed by atoms with E-state index in [-0.39, 0.29) is 32.5 Å². The zero-order valence-corrected chi connectivity index (χ0v) is 17.3. The van der Waals surface area contributed by atoms with Crippen molar-refractivity contribution < 1.29 is 13.2 Å². The summed E-state index contributed by atoms with van der Waals surface area (Å²) in [4.78, 5) is 17.1. The molecule has 3 fully saturated rings. The molecule has 1 N–H and O–H groups in total. The number of hydrogen-bond donors (Lipinski definition) is 1. The van der Waals surface area contributed by atoms with E-state index in [4.69, 9.17) is 23.2 Å². The van der Waals surface area contributed by atoms with Crippen molar-refractivity contribution in [1.82, 2.24) is 14.5 Å². The van der Waals surface area contributed by atoms with Gasteiger partial charge in [-0.2, -0.15) is 0 Å². The van der Waals surface area contributed by atoms with Gasteiger partial charge < -0.3 is 4.90 Å². The summed E-state index contributed by atoms with van der Waals surface area (Å²) < 4.78 is 27.7. The molecule has 148 valence electrons.